The molecular formula is C17H32N2O2. The maximum atomic E-state index is 12.6. The molecule has 21 heavy (non-hydrogen) atoms. The predicted octanol–water partition coefficient (Wildman–Crippen LogP) is 2.57. The summed E-state index contributed by atoms with van der Waals surface area (Å²) >= 11 is 0. The first kappa shape index (κ1) is 16.8. The van der Waals surface area contributed by atoms with Crippen LogP contribution in [-0.4, -0.2) is 49.2 Å². The standard InChI is InChI=1S/C17H32N2O2/c1-14(2)21-12-8-16-5-3-4-11-19(16)17(20)13-15-6-9-18-10-7-15/h14-16,18H,3-13H2,1-2H3/t16-/m1/s1. The SMILES string of the molecule is CC(C)OCC[C@H]1CCCCN1C(=O)CC1CCNCC1. The van der Waals surface area contributed by atoms with E-state index in [2.05, 4.69) is 24.1 Å². The summed E-state index contributed by atoms with van der Waals surface area (Å²) in [5.41, 5.74) is 0. The fourth-order valence-corrected chi connectivity index (χ4v) is 3.52. The third kappa shape index (κ3) is 5.59. The molecule has 2 saturated heterocycles. The second-order valence-electron chi connectivity index (χ2n) is 6.84. The third-order valence-electron chi connectivity index (χ3n) is 4.77. The van der Waals surface area contributed by atoms with Gasteiger partial charge in [-0.1, -0.05) is 0 Å². The summed E-state index contributed by atoms with van der Waals surface area (Å²) in [5, 5.41) is 3.37. The van der Waals surface area contributed by atoms with Crippen molar-refractivity contribution in [2.24, 2.45) is 5.92 Å². The van der Waals surface area contributed by atoms with Gasteiger partial charge in [0.2, 0.25) is 5.91 Å². The number of nitrogens with zero attached hydrogens (tertiary/aromatic N) is 1. The molecule has 2 aliphatic heterocycles. The Hall–Kier alpha value is -0.610. The molecule has 0 unspecified atom stereocenters. The van der Waals surface area contributed by atoms with Gasteiger partial charge in [0.25, 0.3) is 0 Å². The van der Waals surface area contributed by atoms with Crippen LogP contribution < -0.4 is 5.32 Å². The van der Waals surface area contributed by atoms with E-state index in [1.165, 1.54) is 12.8 Å². The van der Waals surface area contributed by atoms with Crippen molar-refractivity contribution in [3.63, 3.8) is 0 Å². The highest BCUT2D eigenvalue weighted by molar-refractivity contribution is 5.77. The first-order chi connectivity index (χ1) is 10.2. The average molecular weight is 296 g/mol. The molecule has 0 aromatic carbocycles. The third-order valence-corrected chi connectivity index (χ3v) is 4.77. The van der Waals surface area contributed by atoms with Crippen LogP contribution in [-0.2, 0) is 9.53 Å². The summed E-state index contributed by atoms with van der Waals surface area (Å²) < 4.78 is 5.68. The first-order valence-corrected chi connectivity index (χ1v) is 8.78. The minimum Gasteiger partial charge on any atom is -0.379 e. The number of carbonyl (C=O) groups excluding carboxylic acids is 1. The normalized spacial score (nSPS) is 24.5. The molecule has 0 bridgehead atoms. The Morgan fingerprint density at radius 3 is 2.71 bits per heavy atom. The maximum Gasteiger partial charge on any atom is 0.223 e. The largest absolute Gasteiger partial charge is 0.379 e. The van der Waals surface area contributed by atoms with Crippen LogP contribution in [0.2, 0.25) is 0 Å². The molecule has 0 aliphatic carbocycles. The molecule has 4 heteroatoms. The van der Waals surface area contributed by atoms with Gasteiger partial charge in [-0.15, -0.1) is 0 Å². The molecule has 1 atom stereocenters. The number of likely N-dealkylation sites (tertiary alicyclic amines) is 1. The molecule has 1 N–H and O–H groups in total. The lowest BCUT2D eigenvalue weighted by molar-refractivity contribution is -0.136. The zero-order chi connectivity index (χ0) is 15.1. The Bertz CT molecular complexity index is 314. The van der Waals surface area contributed by atoms with Gasteiger partial charge < -0.3 is 15.0 Å². The fourth-order valence-electron chi connectivity index (χ4n) is 3.52. The van der Waals surface area contributed by atoms with E-state index in [0.29, 0.717) is 17.9 Å². The lowest BCUT2D eigenvalue weighted by Gasteiger charge is -2.37. The number of carbonyl (C=O) groups is 1. The van der Waals surface area contributed by atoms with E-state index < -0.39 is 0 Å². The van der Waals surface area contributed by atoms with Crippen molar-refractivity contribution in [1.82, 2.24) is 10.2 Å². The van der Waals surface area contributed by atoms with E-state index in [-0.39, 0.29) is 6.10 Å². The summed E-state index contributed by atoms with van der Waals surface area (Å²) in [4.78, 5) is 14.8. The fraction of sp³-hybridized carbons (Fsp3) is 0.941. The second-order valence-corrected chi connectivity index (χ2v) is 6.84. The molecule has 2 heterocycles. The Balaban J connectivity index is 1.80. The van der Waals surface area contributed by atoms with Crippen molar-refractivity contribution in [3.8, 4) is 0 Å². The van der Waals surface area contributed by atoms with Crippen molar-refractivity contribution < 1.29 is 9.53 Å². The van der Waals surface area contributed by atoms with Crippen molar-refractivity contribution in [2.75, 3.05) is 26.2 Å². The van der Waals surface area contributed by atoms with Gasteiger partial charge in [-0.3, -0.25) is 4.79 Å². The zero-order valence-electron chi connectivity index (χ0n) is 13.8. The summed E-state index contributed by atoms with van der Waals surface area (Å²) in [6, 6.07) is 0.409. The Morgan fingerprint density at radius 2 is 2.00 bits per heavy atom. The zero-order valence-corrected chi connectivity index (χ0v) is 13.8. The van der Waals surface area contributed by atoms with Crippen LogP contribution in [0.5, 0.6) is 0 Å². The highest BCUT2D eigenvalue weighted by Gasteiger charge is 2.28. The van der Waals surface area contributed by atoms with Crippen LogP contribution in [0.25, 0.3) is 0 Å². The number of amides is 1. The summed E-state index contributed by atoms with van der Waals surface area (Å²) in [6.07, 6.45) is 7.91. The summed E-state index contributed by atoms with van der Waals surface area (Å²) in [7, 11) is 0. The number of ether oxygens (including phenoxy) is 1. The number of piperidine rings is 2. The van der Waals surface area contributed by atoms with Crippen LogP contribution in [0.15, 0.2) is 0 Å². The molecule has 2 aliphatic rings. The van der Waals surface area contributed by atoms with Crippen molar-refractivity contribution >= 4 is 5.91 Å². The van der Waals surface area contributed by atoms with E-state index in [1.54, 1.807) is 0 Å². The molecule has 122 valence electrons. The van der Waals surface area contributed by atoms with Crippen LogP contribution in [0.4, 0.5) is 0 Å². The lowest BCUT2D eigenvalue weighted by Crippen LogP contribution is -2.45. The highest BCUT2D eigenvalue weighted by Crippen LogP contribution is 2.24. The minimum absolute atomic E-state index is 0.285. The van der Waals surface area contributed by atoms with Gasteiger partial charge in [-0.05, 0) is 71.4 Å². The van der Waals surface area contributed by atoms with Crippen LogP contribution >= 0.6 is 0 Å². The van der Waals surface area contributed by atoms with Gasteiger partial charge in [0, 0.05) is 25.6 Å². The molecule has 0 spiro atoms. The molecule has 0 aromatic heterocycles. The van der Waals surface area contributed by atoms with E-state index in [9.17, 15) is 4.79 Å². The second kappa shape index (κ2) is 8.74. The van der Waals surface area contributed by atoms with Crippen LogP contribution in [0.3, 0.4) is 0 Å². The van der Waals surface area contributed by atoms with Gasteiger partial charge in [0.15, 0.2) is 0 Å². The smallest absolute Gasteiger partial charge is 0.223 e. The Kier molecular flexibility index (Phi) is 6.97. The van der Waals surface area contributed by atoms with Crippen LogP contribution in [0.1, 0.15) is 58.8 Å². The number of hydrogen-bond acceptors (Lipinski definition) is 3. The molecule has 0 saturated carbocycles. The first-order valence-electron chi connectivity index (χ1n) is 8.78. The van der Waals surface area contributed by atoms with Gasteiger partial charge >= 0.3 is 0 Å². The van der Waals surface area contributed by atoms with Gasteiger partial charge in [-0.25, -0.2) is 0 Å². The minimum atomic E-state index is 0.285. The number of rotatable bonds is 6. The summed E-state index contributed by atoms with van der Waals surface area (Å²) in [6.45, 7) is 8.02. The lowest BCUT2D eigenvalue weighted by atomic mass is 9.92. The quantitative estimate of drug-likeness (QED) is 0.819. The maximum absolute atomic E-state index is 12.6. The van der Waals surface area contributed by atoms with E-state index >= 15 is 0 Å². The topological polar surface area (TPSA) is 41.6 Å². The number of hydrogen-bond donors (Lipinski definition) is 1. The van der Waals surface area contributed by atoms with Crippen molar-refractivity contribution in [1.29, 1.82) is 0 Å². The molecular weight excluding hydrogens is 264 g/mol. The Morgan fingerprint density at radius 1 is 1.24 bits per heavy atom. The van der Waals surface area contributed by atoms with Crippen molar-refractivity contribution in [2.45, 2.75) is 70.9 Å². The van der Waals surface area contributed by atoms with Gasteiger partial charge in [0.05, 0.1) is 6.10 Å². The monoisotopic (exact) mass is 296 g/mol. The molecule has 0 radical (unpaired) electrons. The molecule has 1 amide bonds. The van der Waals surface area contributed by atoms with E-state index in [1.807, 2.05) is 0 Å². The molecule has 0 aromatic rings. The Labute approximate surface area is 129 Å². The highest BCUT2D eigenvalue weighted by atomic mass is 16.5. The molecule has 4 nitrogen and oxygen atoms in total. The van der Waals surface area contributed by atoms with E-state index in [4.69, 9.17) is 4.74 Å². The average Bonchev–Trinajstić information content (AvgIpc) is 2.48. The van der Waals surface area contributed by atoms with E-state index in [0.717, 1.165) is 58.3 Å². The summed E-state index contributed by atoms with van der Waals surface area (Å²) in [5.74, 6) is 0.976. The van der Waals surface area contributed by atoms with Crippen molar-refractivity contribution in [3.05, 3.63) is 0 Å². The van der Waals surface area contributed by atoms with Gasteiger partial charge in [0.1, 0.15) is 0 Å². The van der Waals surface area contributed by atoms with Gasteiger partial charge in [-0.2, -0.15) is 0 Å². The predicted molar refractivity (Wildman–Crippen MR) is 85.3 cm³/mol. The molecule has 2 rings (SSSR count). The van der Waals surface area contributed by atoms with Crippen LogP contribution in [0, 0.1) is 5.92 Å². The molecule has 2 fully saturated rings. The number of nitrogens with one attached hydrogen (secondary N) is 1.